The first-order valence-corrected chi connectivity index (χ1v) is 8.86. The van der Waals surface area contributed by atoms with Crippen molar-refractivity contribution in [3.63, 3.8) is 0 Å². The predicted octanol–water partition coefficient (Wildman–Crippen LogP) is 2.80. The van der Waals surface area contributed by atoms with Crippen LogP contribution < -0.4 is 10.1 Å². The summed E-state index contributed by atoms with van der Waals surface area (Å²) >= 11 is 0. The molecule has 3 rings (SSSR count). The smallest absolute Gasteiger partial charge is 0.224 e. The van der Waals surface area contributed by atoms with Crippen LogP contribution in [0.3, 0.4) is 0 Å². The molecule has 0 fully saturated rings. The van der Waals surface area contributed by atoms with Gasteiger partial charge in [-0.15, -0.1) is 0 Å². The van der Waals surface area contributed by atoms with E-state index < -0.39 is 0 Å². The molecule has 0 saturated heterocycles. The number of nitrogens with zero attached hydrogens (tertiary/aromatic N) is 1. The van der Waals surface area contributed by atoms with Gasteiger partial charge in [-0.2, -0.15) is 0 Å². The number of nitrogens with one attached hydrogen (secondary N) is 1. The Morgan fingerprint density at radius 1 is 1.16 bits per heavy atom. The average Bonchev–Trinajstić information content (AvgIpc) is 2.66. The molecule has 1 N–H and O–H groups in total. The fourth-order valence-electron chi connectivity index (χ4n) is 3.28. The van der Waals surface area contributed by atoms with Crippen LogP contribution in [0.5, 0.6) is 5.75 Å². The summed E-state index contributed by atoms with van der Waals surface area (Å²) in [5, 5.41) is 3.07. The van der Waals surface area contributed by atoms with Gasteiger partial charge in [0.2, 0.25) is 5.91 Å². The van der Waals surface area contributed by atoms with Crippen molar-refractivity contribution in [1.82, 2.24) is 10.2 Å². The van der Waals surface area contributed by atoms with Crippen molar-refractivity contribution in [3.05, 3.63) is 65.2 Å². The predicted molar refractivity (Wildman–Crippen MR) is 99.7 cm³/mol. The van der Waals surface area contributed by atoms with E-state index >= 15 is 0 Å². The lowest BCUT2D eigenvalue weighted by atomic mass is 9.99. The van der Waals surface area contributed by atoms with Crippen molar-refractivity contribution < 1.29 is 9.53 Å². The fourth-order valence-corrected chi connectivity index (χ4v) is 3.28. The molecule has 132 valence electrons. The molecule has 1 amide bonds. The lowest BCUT2D eigenvalue weighted by Crippen LogP contribution is -2.44. The zero-order valence-electron chi connectivity index (χ0n) is 15.0. The number of hydrogen-bond donors (Lipinski definition) is 1. The van der Waals surface area contributed by atoms with E-state index in [0.29, 0.717) is 19.0 Å². The van der Waals surface area contributed by atoms with Crippen molar-refractivity contribution in [2.24, 2.45) is 0 Å². The summed E-state index contributed by atoms with van der Waals surface area (Å²) in [4.78, 5) is 14.6. The molecule has 0 spiro atoms. The van der Waals surface area contributed by atoms with Crippen molar-refractivity contribution in [3.8, 4) is 5.75 Å². The van der Waals surface area contributed by atoms with Crippen LogP contribution in [-0.2, 0) is 24.2 Å². The van der Waals surface area contributed by atoms with Gasteiger partial charge in [0.25, 0.3) is 0 Å². The topological polar surface area (TPSA) is 41.6 Å². The highest BCUT2D eigenvalue weighted by atomic mass is 16.5. The van der Waals surface area contributed by atoms with E-state index in [0.717, 1.165) is 30.8 Å². The molecule has 2 aromatic carbocycles. The van der Waals surface area contributed by atoms with Gasteiger partial charge in [-0.3, -0.25) is 9.69 Å². The SMILES string of the molecule is COc1ccc(CC(=O)NCC(C)N2CCc3ccccc3C2)cc1. The number of carbonyl (C=O) groups excluding carboxylic acids is 1. The number of fused-ring (bicyclic) bond motifs is 1. The minimum Gasteiger partial charge on any atom is -0.497 e. The summed E-state index contributed by atoms with van der Waals surface area (Å²) in [6.07, 6.45) is 1.49. The Bertz CT molecular complexity index is 712. The molecule has 0 aliphatic carbocycles. The van der Waals surface area contributed by atoms with Gasteiger partial charge in [0, 0.05) is 25.7 Å². The maximum Gasteiger partial charge on any atom is 0.224 e. The van der Waals surface area contributed by atoms with Crippen LogP contribution in [0.2, 0.25) is 0 Å². The zero-order valence-corrected chi connectivity index (χ0v) is 15.0. The lowest BCUT2D eigenvalue weighted by molar-refractivity contribution is -0.120. The summed E-state index contributed by atoms with van der Waals surface area (Å²) in [6.45, 7) is 4.87. The van der Waals surface area contributed by atoms with Crippen LogP contribution in [-0.4, -0.2) is 37.0 Å². The van der Waals surface area contributed by atoms with Gasteiger partial charge in [-0.05, 0) is 42.2 Å². The monoisotopic (exact) mass is 338 g/mol. The van der Waals surface area contributed by atoms with Gasteiger partial charge in [-0.25, -0.2) is 0 Å². The van der Waals surface area contributed by atoms with Crippen molar-refractivity contribution in [2.45, 2.75) is 32.4 Å². The average molecular weight is 338 g/mol. The van der Waals surface area contributed by atoms with Crippen LogP contribution in [0.15, 0.2) is 48.5 Å². The molecule has 0 bridgehead atoms. The number of carbonyl (C=O) groups is 1. The number of amides is 1. The van der Waals surface area contributed by atoms with Crippen LogP contribution in [0.1, 0.15) is 23.6 Å². The van der Waals surface area contributed by atoms with Crippen LogP contribution >= 0.6 is 0 Å². The number of rotatable bonds is 6. The zero-order chi connectivity index (χ0) is 17.6. The molecule has 2 aromatic rings. The summed E-state index contributed by atoms with van der Waals surface area (Å²) < 4.78 is 5.14. The van der Waals surface area contributed by atoms with E-state index in [1.807, 2.05) is 24.3 Å². The molecule has 4 heteroatoms. The summed E-state index contributed by atoms with van der Waals surface area (Å²) in [5.41, 5.74) is 3.86. The Morgan fingerprint density at radius 3 is 2.60 bits per heavy atom. The number of ether oxygens (including phenoxy) is 1. The molecular weight excluding hydrogens is 312 g/mol. The Morgan fingerprint density at radius 2 is 1.88 bits per heavy atom. The number of hydrogen-bond acceptors (Lipinski definition) is 3. The third-order valence-electron chi connectivity index (χ3n) is 4.90. The Balaban J connectivity index is 1.47. The largest absolute Gasteiger partial charge is 0.497 e. The Hall–Kier alpha value is -2.33. The normalized spacial score (nSPS) is 15.3. The molecular formula is C21H26N2O2. The maximum absolute atomic E-state index is 12.2. The quantitative estimate of drug-likeness (QED) is 0.881. The highest BCUT2D eigenvalue weighted by molar-refractivity contribution is 5.78. The van der Waals surface area contributed by atoms with Crippen LogP contribution in [0, 0.1) is 0 Å². The summed E-state index contributed by atoms with van der Waals surface area (Å²) in [6, 6.07) is 16.6. The Labute approximate surface area is 149 Å². The number of benzene rings is 2. The third kappa shape index (κ3) is 4.60. The third-order valence-corrected chi connectivity index (χ3v) is 4.90. The van der Waals surface area contributed by atoms with Gasteiger partial charge in [0.05, 0.1) is 13.5 Å². The minimum atomic E-state index is 0.0643. The molecule has 1 atom stereocenters. The van der Waals surface area contributed by atoms with E-state index in [-0.39, 0.29) is 5.91 Å². The van der Waals surface area contributed by atoms with Crippen molar-refractivity contribution in [2.75, 3.05) is 20.2 Å². The fraction of sp³-hybridized carbons (Fsp3) is 0.381. The van der Waals surface area contributed by atoms with Crippen LogP contribution in [0.25, 0.3) is 0 Å². The van der Waals surface area contributed by atoms with Gasteiger partial charge in [0.1, 0.15) is 5.75 Å². The first-order valence-electron chi connectivity index (χ1n) is 8.86. The molecule has 0 radical (unpaired) electrons. The summed E-state index contributed by atoms with van der Waals surface area (Å²) in [7, 11) is 1.64. The second-order valence-electron chi connectivity index (χ2n) is 6.67. The van der Waals surface area contributed by atoms with Gasteiger partial charge in [0.15, 0.2) is 0 Å². The molecule has 1 aliphatic heterocycles. The first-order chi connectivity index (χ1) is 12.2. The molecule has 4 nitrogen and oxygen atoms in total. The molecule has 0 saturated carbocycles. The molecule has 1 unspecified atom stereocenters. The van der Waals surface area contributed by atoms with E-state index in [9.17, 15) is 4.79 Å². The first kappa shape index (κ1) is 17.5. The molecule has 25 heavy (non-hydrogen) atoms. The highest BCUT2D eigenvalue weighted by Gasteiger charge is 2.20. The molecule has 1 heterocycles. The minimum absolute atomic E-state index is 0.0643. The second-order valence-corrected chi connectivity index (χ2v) is 6.67. The van der Waals surface area contributed by atoms with E-state index in [1.54, 1.807) is 7.11 Å². The van der Waals surface area contributed by atoms with Crippen LogP contribution in [0.4, 0.5) is 0 Å². The summed E-state index contributed by atoms with van der Waals surface area (Å²) in [5.74, 6) is 0.873. The standard InChI is InChI=1S/C21H26N2O2/c1-16(23-12-11-18-5-3-4-6-19(18)15-23)14-22-21(24)13-17-7-9-20(25-2)10-8-17/h3-10,16H,11-15H2,1-2H3,(H,22,24). The van der Waals surface area contributed by atoms with Gasteiger partial charge in [-0.1, -0.05) is 36.4 Å². The van der Waals surface area contributed by atoms with E-state index in [1.165, 1.54) is 11.1 Å². The van der Waals surface area contributed by atoms with Crippen molar-refractivity contribution in [1.29, 1.82) is 0 Å². The van der Waals surface area contributed by atoms with E-state index in [4.69, 9.17) is 4.74 Å². The lowest BCUT2D eigenvalue weighted by Gasteiger charge is -2.33. The van der Waals surface area contributed by atoms with Gasteiger partial charge >= 0.3 is 0 Å². The van der Waals surface area contributed by atoms with Crippen molar-refractivity contribution >= 4 is 5.91 Å². The molecule has 1 aliphatic rings. The maximum atomic E-state index is 12.2. The molecule has 0 aromatic heterocycles. The second kappa shape index (κ2) is 8.17. The van der Waals surface area contributed by atoms with Gasteiger partial charge < -0.3 is 10.1 Å². The van der Waals surface area contributed by atoms with E-state index in [2.05, 4.69) is 41.4 Å². The highest BCUT2D eigenvalue weighted by Crippen LogP contribution is 2.20. The number of methoxy groups -OCH3 is 1. The Kier molecular flexibility index (Phi) is 5.71.